The summed E-state index contributed by atoms with van der Waals surface area (Å²) in [5, 5.41) is 0. The summed E-state index contributed by atoms with van der Waals surface area (Å²) >= 11 is 0. The monoisotopic (exact) mass is 316 g/mol. The molecule has 0 amide bonds. The number of carbonyl (C=O) groups is 1. The number of hydrogen-bond acceptors (Lipinski definition) is 5. The predicted octanol–water partition coefficient (Wildman–Crippen LogP) is 3.74. The fourth-order valence-electron chi connectivity index (χ4n) is 2.55. The topological polar surface area (TPSA) is 48.3 Å². The number of aldehydes is 1. The number of aliphatic imine (C=N–C) groups is 2. The summed E-state index contributed by atoms with van der Waals surface area (Å²) in [6, 6.07) is 8.27. The van der Waals surface area contributed by atoms with Gasteiger partial charge in [0.2, 0.25) is 0 Å². The summed E-state index contributed by atoms with van der Waals surface area (Å²) in [6.07, 6.45) is 5.97. The smallest absolute Gasteiger partial charge is 0.129 e. The maximum absolute atomic E-state index is 10.6. The molecule has 0 aromatic heterocycles. The molecule has 2 aliphatic heterocycles. The van der Waals surface area contributed by atoms with E-state index in [-0.39, 0.29) is 6.17 Å². The molecule has 0 bridgehead atoms. The first-order chi connectivity index (χ1) is 11.4. The van der Waals surface area contributed by atoms with Crippen LogP contribution in [-0.4, -0.2) is 38.2 Å². The van der Waals surface area contributed by atoms with Gasteiger partial charge in [0.05, 0.1) is 18.0 Å². The van der Waals surface area contributed by atoms with Gasteiger partial charge in [-0.05, 0) is 12.1 Å². The van der Waals surface area contributed by atoms with Crippen LogP contribution < -0.4 is 9.80 Å². The van der Waals surface area contributed by atoms with Gasteiger partial charge in [0.25, 0.3) is 0 Å². The highest BCUT2D eigenvalue weighted by Gasteiger charge is 2.29. The second-order valence-corrected chi connectivity index (χ2v) is 4.63. The van der Waals surface area contributed by atoms with Gasteiger partial charge in [-0.15, -0.1) is 0 Å². The molecule has 1 aromatic carbocycles. The van der Waals surface area contributed by atoms with Crippen LogP contribution in [0.3, 0.4) is 0 Å². The minimum atomic E-state index is 0.111. The lowest BCUT2D eigenvalue weighted by Crippen LogP contribution is -2.39. The molecule has 5 nitrogen and oxygen atoms in total. The number of fused-ring (bicyclic) bond motifs is 1. The lowest BCUT2D eigenvalue weighted by molar-refractivity contribution is -0.107. The molecule has 1 atom stereocenters. The fraction of sp³-hybridized carbons (Fsp3) is 0.500. The number of anilines is 2. The zero-order chi connectivity index (χ0) is 17.1. The highest BCUT2D eigenvalue weighted by Crippen LogP contribution is 2.37. The van der Waals surface area contributed by atoms with Crippen molar-refractivity contribution >= 4 is 30.2 Å². The normalized spacial score (nSPS) is 17.7. The van der Waals surface area contributed by atoms with Crippen LogP contribution in [0.5, 0.6) is 0 Å². The molecule has 0 saturated carbocycles. The predicted molar refractivity (Wildman–Crippen MR) is 99.9 cm³/mol. The van der Waals surface area contributed by atoms with E-state index in [2.05, 4.69) is 31.9 Å². The van der Waals surface area contributed by atoms with E-state index in [4.69, 9.17) is 0 Å². The molecule has 0 spiro atoms. The number of rotatable bonds is 4. The number of hydrogen-bond donors (Lipinski definition) is 0. The van der Waals surface area contributed by atoms with Gasteiger partial charge in [-0.25, -0.2) is 9.98 Å². The summed E-state index contributed by atoms with van der Waals surface area (Å²) in [5.74, 6) is 0. The van der Waals surface area contributed by atoms with Crippen molar-refractivity contribution in [3.05, 3.63) is 24.3 Å². The Kier molecular flexibility index (Phi) is 8.65. The Labute approximate surface area is 139 Å². The van der Waals surface area contributed by atoms with Crippen LogP contribution in [0.2, 0.25) is 0 Å². The standard InChI is InChI=1S/C14H16N4O.2C2H6/c19-9-3-8-17-11-18(14-6-7-15-10-16-14)13-5-2-1-4-12(13)17;2*1-2/h1-2,4-5,7,9-10,14H,3,6,8,11H2;2*1-2H3. The molecule has 0 saturated heterocycles. The van der Waals surface area contributed by atoms with Gasteiger partial charge >= 0.3 is 0 Å². The van der Waals surface area contributed by atoms with Crippen LogP contribution in [0.4, 0.5) is 11.4 Å². The summed E-state index contributed by atoms with van der Waals surface area (Å²) in [4.78, 5) is 23.5. The first-order valence-electron chi connectivity index (χ1n) is 8.47. The van der Waals surface area contributed by atoms with Crippen LogP contribution in [0, 0.1) is 0 Å². The van der Waals surface area contributed by atoms with Crippen molar-refractivity contribution in [2.24, 2.45) is 9.98 Å². The number of benzene rings is 1. The van der Waals surface area contributed by atoms with Crippen LogP contribution in [0.15, 0.2) is 34.3 Å². The molecule has 126 valence electrons. The molecule has 0 N–H and O–H groups in total. The lowest BCUT2D eigenvalue weighted by atomic mass is 10.2. The molecule has 0 radical (unpaired) electrons. The molecule has 0 fully saturated rings. The van der Waals surface area contributed by atoms with Crippen LogP contribution >= 0.6 is 0 Å². The van der Waals surface area contributed by atoms with Crippen molar-refractivity contribution in [3.8, 4) is 0 Å². The summed E-state index contributed by atoms with van der Waals surface area (Å²) in [5.41, 5.74) is 2.37. The van der Waals surface area contributed by atoms with Gasteiger partial charge in [0, 0.05) is 25.6 Å². The minimum absolute atomic E-state index is 0.111. The SMILES string of the molecule is CC.CC.O=CCCN1CN(C2CC=NC=N2)c2ccccc21. The Morgan fingerprint density at radius 3 is 2.48 bits per heavy atom. The Morgan fingerprint density at radius 2 is 1.87 bits per heavy atom. The molecule has 1 unspecified atom stereocenters. The quantitative estimate of drug-likeness (QED) is 0.795. The molecule has 1 aromatic rings. The van der Waals surface area contributed by atoms with E-state index in [1.807, 2.05) is 46.0 Å². The molecular formula is C18H28N4O. The van der Waals surface area contributed by atoms with Crippen molar-refractivity contribution in [2.45, 2.75) is 46.7 Å². The van der Waals surface area contributed by atoms with E-state index in [1.165, 1.54) is 11.4 Å². The maximum atomic E-state index is 10.6. The molecule has 0 aliphatic carbocycles. The summed E-state index contributed by atoms with van der Waals surface area (Å²) in [6.45, 7) is 9.53. The summed E-state index contributed by atoms with van der Waals surface area (Å²) in [7, 11) is 0. The third-order valence-corrected chi connectivity index (χ3v) is 3.46. The number of para-hydroxylation sites is 2. The Hall–Kier alpha value is -2.17. The Bertz CT molecular complexity index is 528. The molecular weight excluding hydrogens is 288 g/mol. The zero-order valence-corrected chi connectivity index (χ0v) is 14.6. The van der Waals surface area contributed by atoms with E-state index < -0.39 is 0 Å². The maximum Gasteiger partial charge on any atom is 0.129 e. The summed E-state index contributed by atoms with van der Waals surface area (Å²) < 4.78 is 0. The first-order valence-corrected chi connectivity index (χ1v) is 8.47. The van der Waals surface area contributed by atoms with Gasteiger partial charge in [-0.2, -0.15) is 0 Å². The first kappa shape index (κ1) is 18.9. The van der Waals surface area contributed by atoms with Crippen molar-refractivity contribution in [3.63, 3.8) is 0 Å². The highest BCUT2D eigenvalue weighted by molar-refractivity contribution is 5.80. The van der Waals surface area contributed by atoms with Crippen LogP contribution in [0.1, 0.15) is 40.5 Å². The molecule has 5 heteroatoms. The third-order valence-electron chi connectivity index (χ3n) is 3.46. The van der Waals surface area contributed by atoms with Crippen molar-refractivity contribution in [1.29, 1.82) is 0 Å². The van der Waals surface area contributed by atoms with Crippen molar-refractivity contribution in [2.75, 3.05) is 23.0 Å². The molecule has 23 heavy (non-hydrogen) atoms. The van der Waals surface area contributed by atoms with E-state index >= 15 is 0 Å². The Morgan fingerprint density at radius 1 is 1.17 bits per heavy atom. The second kappa shape index (κ2) is 10.5. The van der Waals surface area contributed by atoms with Gasteiger partial charge in [-0.3, -0.25) is 0 Å². The molecule has 2 heterocycles. The fourth-order valence-corrected chi connectivity index (χ4v) is 2.55. The van der Waals surface area contributed by atoms with E-state index in [9.17, 15) is 4.79 Å². The highest BCUT2D eigenvalue weighted by atomic mass is 16.1. The van der Waals surface area contributed by atoms with Gasteiger partial charge in [-0.1, -0.05) is 39.8 Å². The van der Waals surface area contributed by atoms with Crippen LogP contribution in [-0.2, 0) is 4.79 Å². The lowest BCUT2D eigenvalue weighted by Gasteiger charge is -2.27. The largest absolute Gasteiger partial charge is 0.352 e. The van der Waals surface area contributed by atoms with Crippen molar-refractivity contribution < 1.29 is 4.79 Å². The second-order valence-electron chi connectivity index (χ2n) is 4.63. The zero-order valence-electron chi connectivity index (χ0n) is 14.6. The molecule has 2 aliphatic rings. The number of nitrogens with zero attached hydrogens (tertiary/aromatic N) is 4. The van der Waals surface area contributed by atoms with Crippen LogP contribution in [0.25, 0.3) is 0 Å². The van der Waals surface area contributed by atoms with E-state index in [0.29, 0.717) is 6.42 Å². The average molecular weight is 316 g/mol. The van der Waals surface area contributed by atoms with E-state index in [0.717, 1.165) is 25.9 Å². The third kappa shape index (κ3) is 4.65. The molecule has 3 rings (SSSR count). The van der Waals surface area contributed by atoms with Gasteiger partial charge in [0.15, 0.2) is 0 Å². The minimum Gasteiger partial charge on any atom is -0.352 e. The van der Waals surface area contributed by atoms with Gasteiger partial charge in [0.1, 0.15) is 18.8 Å². The van der Waals surface area contributed by atoms with E-state index in [1.54, 1.807) is 6.34 Å². The van der Waals surface area contributed by atoms with Crippen molar-refractivity contribution in [1.82, 2.24) is 0 Å². The van der Waals surface area contributed by atoms with Gasteiger partial charge < -0.3 is 14.6 Å². The Balaban J connectivity index is 0.000000615. The average Bonchev–Trinajstić information content (AvgIpc) is 3.03. The number of carbonyl (C=O) groups excluding carboxylic acids is 1.